The van der Waals surface area contributed by atoms with Gasteiger partial charge in [0.1, 0.15) is 10.3 Å². The summed E-state index contributed by atoms with van der Waals surface area (Å²) in [6.07, 6.45) is -1.49. The summed E-state index contributed by atoms with van der Waals surface area (Å²) < 4.78 is 70.6. The van der Waals surface area contributed by atoms with Crippen molar-refractivity contribution in [2.75, 3.05) is 0 Å². The van der Waals surface area contributed by atoms with Crippen molar-refractivity contribution < 1.29 is 26.3 Å². The van der Waals surface area contributed by atoms with Crippen LogP contribution in [0.15, 0.2) is 40.1 Å². The second-order valence-electron chi connectivity index (χ2n) is 6.03. The molecule has 1 aliphatic carbocycles. The van der Waals surface area contributed by atoms with E-state index in [1.807, 2.05) is 0 Å². The van der Waals surface area contributed by atoms with Gasteiger partial charge in [-0.2, -0.15) is 13.2 Å². The maximum atomic E-state index is 12.5. The van der Waals surface area contributed by atoms with Crippen LogP contribution < -0.4 is 9.46 Å². The van der Waals surface area contributed by atoms with E-state index in [0.717, 1.165) is 23.6 Å². The molecule has 1 N–H and O–H groups in total. The average molecular weight is 406 g/mol. The van der Waals surface area contributed by atoms with Gasteiger partial charge in [0.05, 0.1) is 5.56 Å². The highest BCUT2D eigenvalue weighted by Crippen LogP contribution is 2.30. The van der Waals surface area contributed by atoms with E-state index in [9.17, 15) is 21.6 Å². The molecule has 26 heavy (non-hydrogen) atoms. The molecule has 1 fully saturated rings. The maximum absolute atomic E-state index is 12.5. The number of hydrogen-bond donors (Lipinski definition) is 1. The molecule has 0 bridgehead atoms. The Kier molecular flexibility index (Phi) is 5.54. The van der Waals surface area contributed by atoms with Gasteiger partial charge in [-0.1, -0.05) is 6.07 Å². The lowest BCUT2D eigenvalue weighted by atomic mass is 9.94. The minimum absolute atomic E-state index is 0.139. The summed E-state index contributed by atoms with van der Waals surface area (Å²) in [7, 11) is -3.50. The third-order valence-electron chi connectivity index (χ3n) is 4.11. The number of nitrogens with zero attached hydrogens (tertiary/aromatic N) is 1. The lowest BCUT2D eigenvalue weighted by Gasteiger charge is -2.28. The SMILES string of the molecule is O=S(=O)(NC1CCC(Oc2ccc(C(F)(F)F)cn2)CC1)c1cccs1. The molecule has 0 saturated heterocycles. The van der Waals surface area contributed by atoms with Gasteiger partial charge in [-0.05, 0) is 43.2 Å². The first-order valence-corrected chi connectivity index (χ1v) is 10.4. The topological polar surface area (TPSA) is 68.3 Å². The number of rotatable bonds is 5. The van der Waals surface area contributed by atoms with Crippen molar-refractivity contribution in [3.8, 4) is 5.88 Å². The molecule has 2 heterocycles. The summed E-state index contributed by atoms with van der Waals surface area (Å²) in [6, 6.07) is 5.19. The molecule has 5 nitrogen and oxygen atoms in total. The number of sulfonamides is 1. The molecule has 0 unspecified atom stereocenters. The van der Waals surface area contributed by atoms with Crippen LogP contribution in [0.5, 0.6) is 5.88 Å². The fraction of sp³-hybridized carbons (Fsp3) is 0.438. The Morgan fingerprint density at radius 2 is 1.88 bits per heavy atom. The normalized spacial score (nSPS) is 21.5. The molecule has 0 spiro atoms. The van der Waals surface area contributed by atoms with Crippen LogP contribution in [-0.2, 0) is 16.2 Å². The van der Waals surface area contributed by atoms with E-state index in [1.54, 1.807) is 17.5 Å². The Hall–Kier alpha value is -1.65. The fourth-order valence-electron chi connectivity index (χ4n) is 2.78. The van der Waals surface area contributed by atoms with Gasteiger partial charge in [0.15, 0.2) is 0 Å². The van der Waals surface area contributed by atoms with E-state index in [-0.39, 0.29) is 22.2 Å². The van der Waals surface area contributed by atoms with Crippen molar-refractivity contribution in [2.45, 2.75) is 48.2 Å². The quantitative estimate of drug-likeness (QED) is 0.820. The Bertz CT molecular complexity index is 813. The Morgan fingerprint density at radius 3 is 2.42 bits per heavy atom. The first kappa shape index (κ1) is 19.1. The number of halogens is 3. The van der Waals surface area contributed by atoms with Crippen LogP contribution in [0.25, 0.3) is 0 Å². The highest BCUT2D eigenvalue weighted by molar-refractivity contribution is 7.91. The number of pyridine rings is 1. The monoisotopic (exact) mass is 406 g/mol. The van der Waals surface area contributed by atoms with E-state index in [4.69, 9.17) is 4.74 Å². The average Bonchev–Trinajstić information content (AvgIpc) is 3.12. The van der Waals surface area contributed by atoms with Crippen LogP contribution in [0.2, 0.25) is 0 Å². The van der Waals surface area contributed by atoms with Crippen LogP contribution in [0.1, 0.15) is 31.2 Å². The molecular weight excluding hydrogens is 389 g/mol. The smallest absolute Gasteiger partial charge is 0.417 e. The molecule has 0 atom stereocenters. The van der Waals surface area contributed by atoms with Gasteiger partial charge in [0, 0.05) is 18.3 Å². The molecule has 10 heteroatoms. The van der Waals surface area contributed by atoms with Gasteiger partial charge in [0.25, 0.3) is 0 Å². The minimum Gasteiger partial charge on any atom is -0.474 e. The summed E-state index contributed by atoms with van der Waals surface area (Å²) in [5.74, 6) is 0.139. The molecular formula is C16H17F3N2O3S2. The van der Waals surface area contributed by atoms with E-state index in [0.29, 0.717) is 25.7 Å². The van der Waals surface area contributed by atoms with Gasteiger partial charge in [-0.3, -0.25) is 0 Å². The number of alkyl halides is 3. The summed E-state index contributed by atoms with van der Waals surface area (Å²) in [5, 5.41) is 1.70. The van der Waals surface area contributed by atoms with Crippen molar-refractivity contribution in [3.05, 3.63) is 41.4 Å². The summed E-state index contributed by atoms with van der Waals surface area (Å²) >= 11 is 1.16. The zero-order valence-electron chi connectivity index (χ0n) is 13.6. The van der Waals surface area contributed by atoms with Gasteiger partial charge in [-0.25, -0.2) is 18.1 Å². The fourth-order valence-corrected chi connectivity index (χ4v) is 5.10. The molecule has 0 amide bonds. The second kappa shape index (κ2) is 7.53. The van der Waals surface area contributed by atoms with Crippen molar-refractivity contribution in [1.29, 1.82) is 0 Å². The minimum atomic E-state index is -4.43. The van der Waals surface area contributed by atoms with Crippen LogP contribution in [-0.4, -0.2) is 25.5 Å². The van der Waals surface area contributed by atoms with Crippen molar-refractivity contribution in [1.82, 2.24) is 9.71 Å². The molecule has 142 valence electrons. The molecule has 2 aromatic rings. The van der Waals surface area contributed by atoms with Gasteiger partial charge >= 0.3 is 6.18 Å². The van der Waals surface area contributed by atoms with Crippen molar-refractivity contribution in [3.63, 3.8) is 0 Å². The number of nitrogens with one attached hydrogen (secondary N) is 1. The molecule has 0 aromatic carbocycles. The van der Waals surface area contributed by atoms with Crippen LogP contribution in [0.4, 0.5) is 13.2 Å². The Balaban J connectivity index is 1.51. The van der Waals surface area contributed by atoms with Gasteiger partial charge in [-0.15, -0.1) is 11.3 Å². The first-order valence-electron chi connectivity index (χ1n) is 8.00. The summed E-state index contributed by atoms with van der Waals surface area (Å²) in [6.45, 7) is 0. The van der Waals surface area contributed by atoms with Crippen LogP contribution >= 0.6 is 11.3 Å². The van der Waals surface area contributed by atoms with Crippen molar-refractivity contribution >= 4 is 21.4 Å². The van der Waals surface area contributed by atoms with Crippen molar-refractivity contribution in [2.24, 2.45) is 0 Å². The molecule has 2 aromatic heterocycles. The lowest BCUT2D eigenvalue weighted by molar-refractivity contribution is -0.137. The predicted octanol–water partition coefficient (Wildman–Crippen LogP) is 3.83. The van der Waals surface area contributed by atoms with Gasteiger partial charge in [0.2, 0.25) is 15.9 Å². The zero-order chi connectivity index (χ0) is 18.8. The van der Waals surface area contributed by atoms with Crippen LogP contribution in [0, 0.1) is 0 Å². The van der Waals surface area contributed by atoms with Crippen LogP contribution in [0.3, 0.4) is 0 Å². The lowest BCUT2D eigenvalue weighted by Crippen LogP contribution is -2.39. The van der Waals surface area contributed by atoms with E-state index in [2.05, 4.69) is 9.71 Å². The number of thiophene rings is 1. The van der Waals surface area contributed by atoms with E-state index in [1.165, 1.54) is 6.07 Å². The summed E-state index contributed by atoms with van der Waals surface area (Å²) in [4.78, 5) is 3.70. The molecule has 1 saturated carbocycles. The third-order valence-corrected chi connectivity index (χ3v) is 7.03. The number of hydrogen-bond acceptors (Lipinski definition) is 5. The van der Waals surface area contributed by atoms with Gasteiger partial charge < -0.3 is 4.74 Å². The molecule has 1 aliphatic rings. The second-order valence-corrected chi connectivity index (χ2v) is 8.92. The Morgan fingerprint density at radius 1 is 1.15 bits per heavy atom. The highest BCUT2D eigenvalue weighted by Gasteiger charge is 2.31. The largest absolute Gasteiger partial charge is 0.474 e. The number of ether oxygens (including phenoxy) is 1. The maximum Gasteiger partial charge on any atom is 0.417 e. The number of aromatic nitrogens is 1. The predicted molar refractivity (Wildman–Crippen MR) is 90.6 cm³/mol. The third kappa shape index (κ3) is 4.74. The standard InChI is InChI=1S/C16H17F3N2O3S2/c17-16(18,19)11-3-8-14(20-10-11)24-13-6-4-12(5-7-13)21-26(22,23)15-2-1-9-25-15/h1-3,8-10,12-13,21H,4-7H2. The molecule has 0 aliphatic heterocycles. The summed E-state index contributed by atoms with van der Waals surface area (Å²) in [5.41, 5.74) is -0.823. The first-order chi connectivity index (χ1) is 12.2. The zero-order valence-corrected chi connectivity index (χ0v) is 15.2. The van der Waals surface area contributed by atoms with E-state index >= 15 is 0 Å². The Labute approximate surface area is 153 Å². The molecule has 3 rings (SSSR count). The highest BCUT2D eigenvalue weighted by atomic mass is 32.2. The van der Waals surface area contributed by atoms with E-state index < -0.39 is 21.8 Å². The molecule has 0 radical (unpaired) electrons.